The summed E-state index contributed by atoms with van der Waals surface area (Å²) in [6, 6.07) is 14.3. The van der Waals surface area contributed by atoms with E-state index in [1.807, 2.05) is 24.3 Å². The highest BCUT2D eigenvalue weighted by Gasteiger charge is 2.17. The lowest BCUT2D eigenvalue weighted by Gasteiger charge is -2.19. The van der Waals surface area contributed by atoms with Gasteiger partial charge in [-0.25, -0.2) is 0 Å². The Morgan fingerprint density at radius 3 is 2.86 bits per heavy atom. The zero-order valence-electron chi connectivity index (χ0n) is 11.4. The van der Waals surface area contributed by atoms with Crippen LogP contribution in [0.15, 0.2) is 46.9 Å². The Balaban J connectivity index is 1.79. The van der Waals surface area contributed by atoms with Gasteiger partial charge < -0.3 is 5.32 Å². The molecule has 0 saturated carbocycles. The summed E-state index contributed by atoms with van der Waals surface area (Å²) >= 11 is 10.0. The Morgan fingerprint density at radius 1 is 1.19 bits per heavy atom. The van der Waals surface area contributed by atoms with Crippen LogP contribution in [0.1, 0.15) is 28.5 Å². The van der Waals surface area contributed by atoms with E-state index in [0.717, 1.165) is 28.6 Å². The zero-order chi connectivity index (χ0) is 14.8. The third-order valence-corrected chi connectivity index (χ3v) is 4.59. The van der Waals surface area contributed by atoms with Gasteiger partial charge in [0.1, 0.15) is 0 Å². The van der Waals surface area contributed by atoms with Crippen LogP contribution in [0.25, 0.3) is 0 Å². The van der Waals surface area contributed by atoms with Crippen molar-refractivity contribution in [2.75, 3.05) is 5.32 Å². The van der Waals surface area contributed by atoms with Crippen molar-refractivity contribution in [1.82, 2.24) is 0 Å². The number of benzene rings is 2. The molecular weight excluding hydrogens is 350 g/mol. The predicted octanol–water partition coefficient (Wildman–Crippen LogP) is 4.86. The summed E-state index contributed by atoms with van der Waals surface area (Å²) < 4.78 is 1.07. The molecule has 0 aliphatic carbocycles. The number of anilines is 1. The van der Waals surface area contributed by atoms with Crippen molar-refractivity contribution in [3.8, 4) is 0 Å². The number of carbonyl (C=O) groups excluding carboxylic acids is 1. The van der Waals surface area contributed by atoms with Crippen LogP contribution in [0.2, 0.25) is 0 Å². The Labute approximate surface area is 137 Å². The second-order valence-corrected chi connectivity index (χ2v) is 6.71. The molecule has 2 nitrogen and oxygen atoms in total. The molecule has 108 valence electrons. The van der Waals surface area contributed by atoms with Crippen LogP contribution < -0.4 is 5.32 Å². The van der Waals surface area contributed by atoms with Crippen LogP contribution >= 0.6 is 27.5 Å². The minimum Gasteiger partial charge on any atom is -0.326 e. The van der Waals surface area contributed by atoms with E-state index in [2.05, 4.69) is 39.4 Å². The van der Waals surface area contributed by atoms with Gasteiger partial charge in [-0.1, -0.05) is 40.2 Å². The Morgan fingerprint density at radius 2 is 2.05 bits per heavy atom. The highest BCUT2D eigenvalue weighted by atomic mass is 79.9. The molecule has 1 unspecified atom stereocenters. The highest BCUT2D eigenvalue weighted by molar-refractivity contribution is 9.10. The Kier molecular flexibility index (Phi) is 4.32. The van der Waals surface area contributed by atoms with E-state index in [-0.39, 0.29) is 11.3 Å². The van der Waals surface area contributed by atoms with Crippen molar-refractivity contribution >= 4 is 39.1 Å². The van der Waals surface area contributed by atoms with Gasteiger partial charge in [0.15, 0.2) is 0 Å². The van der Waals surface area contributed by atoms with Gasteiger partial charge >= 0.3 is 0 Å². The fourth-order valence-electron chi connectivity index (χ4n) is 2.59. The molecule has 21 heavy (non-hydrogen) atoms. The number of fused-ring (bicyclic) bond motifs is 1. The fourth-order valence-corrected chi connectivity index (χ4v) is 3.35. The first kappa shape index (κ1) is 14.6. The molecule has 4 heteroatoms. The van der Waals surface area contributed by atoms with E-state index in [4.69, 9.17) is 11.6 Å². The van der Waals surface area contributed by atoms with Crippen LogP contribution in [0.3, 0.4) is 0 Å². The average Bonchev–Trinajstić information content (AvgIpc) is 2.46. The molecule has 0 saturated heterocycles. The number of hydrogen-bond acceptors (Lipinski definition) is 1. The van der Waals surface area contributed by atoms with E-state index < -0.39 is 0 Å². The maximum absolute atomic E-state index is 11.4. The number of amides is 1. The topological polar surface area (TPSA) is 29.1 Å². The summed E-state index contributed by atoms with van der Waals surface area (Å²) in [5.41, 5.74) is 4.40. The summed E-state index contributed by atoms with van der Waals surface area (Å²) in [6.07, 6.45) is 2.12. The van der Waals surface area contributed by atoms with Gasteiger partial charge in [-0.15, -0.1) is 11.6 Å². The van der Waals surface area contributed by atoms with Crippen LogP contribution in [-0.4, -0.2) is 5.91 Å². The third-order valence-electron chi connectivity index (χ3n) is 3.69. The maximum atomic E-state index is 11.4. The number of aryl methyl sites for hydroxylation is 1. The number of nitrogens with one attached hydrogen (secondary N) is 1. The van der Waals surface area contributed by atoms with Crippen molar-refractivity contribution in [3.05, 3.63) is 63.6 Å². The van der Waals surface area contributed by atoms with Gasteiger partial charge in [-0.2, -0.15) is 0 Å². The number of halogens is 2. The van der Waals surface area contributed by atoms with Gasteiger partial charge in [0.2, 0.25) is 5.91 Å². The first-order valence-electron chi connectivity index (χ1n) is 6.93. The van der Waals surface area contributed by atoms with Crippen molar-refractivity contribution in [2.45, 2.75) is 24.6 Å². The monoisotopic (exact) mass is 363 g/mol. The molecule has 2 aromatic carbocycles. The highest BCUT2D eigenvalue weighted by Crippen LogP contribution is 2.31. The minimum absolute atomic E-state index is 0.0674. The fraction of sp³-hybridized carbons (Fsp3) is 0.235. The Hall–Kier alpha value is -1.32. The normalized spacial score (nSPS) is 15.2. The Bertz CT molecular complexity index is 686. The van der Waals surface area contributed by atoms with Gasteiger partial charge in [0, 0.05) is 16.6 Å². The molecule has 1 N–H and O–H groups in total. The molecular formula is C17H15BrClNO. The van der Waals surface area contributed by atoms with Gasteiger partial charge in [0.25, 0.3) is 0 Å². The molecule has 3 rings (SSSR count). The standard InChI is InChI=1S/C17H15BrClNO/c18-14-3-1-2-11(8-14)9-15(19)12-4-6-16-13(10-12)5-7-17(21)20-16/h1-4,6,8,10,15H,5,7,9H2,(H,20,21). The summed E-state index contributed by atoms with van der Waals surface area (Å²) in [6.45, 7) is 0. The lowest BCUT2D eigenvalue weighted by atomic mass is 9.97. The third kappa shape index (κ3) is 3.47. The molecule has 1 aliphatic heterocycles. The average molecular weight is 365 g/mol. The second kappa shape index (κ2) is 6.20. The summed E-state index contributed by atoms with van der Waals surface area (Å²) in [5.74, 6) is 0.0896. The maximum Gasteiger partial charge on any atom is 0.224 e. The molecule has 0 spiro atoms. The van der Waals surface area contributed by atoms with Crippen LogP contribution in [0, 0.1) is 0 Å². The molecule has 1 atom stereocenters. The quantitative estimate of drug-likeness (QED) is 0.775. The smallest absolute Gasteiger partial charge is 0.224 e. The SMILES string of the molecule is O=C1CCc2cc(C(Cl)Cc3cccc(Br)c3)ccc2N1. The molecule has 0 bridgehead atoms. The van der Waals surface area contributed by atoms with E-state index in [9.17, 15) is 4.79 Å². The van der Waals surface area contributed by atoms with Gasteiger partial charge in [0.05, 0.1) is 5.38 Å². The second-order valence-electron chi connectivity index (χ2n) is 5.27. The number of rotatable bonds is 3. The van der Waals surface area contributed by atoms with E-state index in [0.29, 0.717) is 6.42 Å². The van der Waals surface area contributed by atoms with E-state index >= 15 is 0 Å². The molecule has 0 aromatic heterocycles. The van der Waals surface area contributed by atoms with Crippen LogP contribution in [0.4, 0.5) is 5.69 Å². The van der Waals surface area contributed by atoms with Crippen molar-refractivity contribution in [2.24, 2.45) is 0 Å². The predicted molar refractivity (Wildman–Crippen MR) is 89.8 cm³/mol. The van der Waals surface area contributed by atoms with Crippen molar-refractivity contribution < 1.29 is 4.79 Å². The first-order valence-corrected chi connectivity index (χ1v) is 8.16. The van der Waals surface area contributed by atoms with Gasteiger partial charge in [-0.05, 0) is 47.7 Å². The van der Waals surface area contributed by atoms with Crippen molar-refractivity contribution in [3.63, 3.8) is 0 Å². The summed E-state index contributed by atoms with van der Waals surface area (Å²) in [7, 11) is 0. The largest absolute Gasteiger partial charge is 0.326 e. The van der Waals surface area contributed by atoms with Crippen LogP contribution in [0.5, 0.6) is 0 Å². The molecule has 1 amide bonds. The van der Waals surface area contributed by atoms with E-state index in [1.165, 1.54) is 11.1 Å². The molecule has 0 fully saturated rings. The van der Waals surface area contributed by atoms with Gasteiger partial charge in [-0.3, -0.25) is 4.79 Å². The zero-order valence-corrected chi connectivity index (χ0v) is 13.7. The van der Waals surface area contributed by atoms with E-state index in [1.54, 1.807) is 0 Å². The first-order chi connectivity index (χ1) is 10.1. The van der Waals surface area contributed by atoms with Crippen LogP contribution in [-0.2, 0) is 17.6 Å². The van der Waals surface area contributed by atoms with Crippen molar-refractivity contribution in [1.29, 1.82) is 0 Å². The molecule has 0 radical (unpaired) electrons. The number of hydrogen-bond donors (Lipinski definition) is 1. The molecule has 1 heterocycles. The molecule has 1 aliphatic rings. The minimum atomic E-state index is -0.0674. The lowest BCUT2D eigenvalue weighted by molar-refractivity contribution is -0.116. The molecule has 2 aromatic rings. The number of carbonyl (C=O) groups is 1. The lowest BCUT2D eigenvalue weighted by Crippen LogP contribution is -2.19. The summed E-state index contributed by atoms with van der Waals surface area (Å²) in [5, 5.41) is 2.83. The summed E-state index contributed by atoms with van der Waals surface area (Å²) in [4.78, 5) is 11.4. The number of alkyl halides is 1.